The van der Waals surface area contributed by atoms with Crippen molar-refractivity contribution in [3.8, 4) is 23.0 Å². The van der Waals surface area contributed by atoms with Crippen molar-refractivity contribution in [2.75, 3.05) is 27.9 Å². The van der Waals surface area contributed by atoms with E-state index >= 15 is 0 Å². The summed E-state index contributed by atoms with van der Waals surface area (Å²) in [4.78, 5) is 38.9. The van der Waals surface area contributed by atoms with Gasteiger partial charge in [0.05, 0.1) is 40.2 Å². The van der Waals surface area contributed by atoms with Crippen molar-refractivity contribution in [1.29, 1.82) is 0 Å². The Hall–Kier alpha value is -5.47. The summed E-state index contributed by atoms with van der Waals surface area (Å²) in [6.07, 6.45) is 8.34. The number of hydrogen-bond donors (Lipinski definition) is 2. The number of nitrogens with zero attached hydrogens (tertiary/aromatic N) is 4. The second-order valence-electron chi connectivity index (χ2n) is 10.7. The Morgan fingerprint density at radius 3 is 2.55 bits per heavy atom. The summed E-state index contributed by atoms with van der Waals surface area (Å²) >= 11 is 0. The Labute approximate surface area is 269 Å². The molecule has 2 aromatic carbocycles. The number of H-pyrrole nitrogens is 1. The van der Waals surface area contributed by atoms with Crippen LogP contribution in [0.1, 0.15) is 41.1 Å². The number of methoxy groups -OCH3 is 3. The first kappa shape index (κ1) is 32.9. The van der Waals surface area contributed by atoms with E-state index in [2.05, 4.69) is 15.3 Å². The number of aromatic amines is 1. The molecule has 3 heterocycles. The van der Waals surface area contributed by atoms with Crippen molar-refractivity contribution in [2.45, 2.75) is 38.3 Å². The van der Waals surface area contributed by atoms with Gasteiger partial charge in [0.25, 0.3) is 5.56 Å². The van der Waals surface area contributed by atoms with Gasteiger partial charge in [0, 0.05) is 29.8 Å². The molecule has 0 spiro atoms. The van der Waals surface area contributed by atoms with Crippen molar-refractivity contribution < 1.29 is 33.6 Å². The molecule has 3 atom stereocenters. The molecule has 5 rings (SSSR count). The fourth-order valence-electron chi connectivity index (χ4n) is 5.09. The van der Waals surface area contributed by atoms with Crippen LogP contribution in [-0.2, 0) is 16.1 Å². The van der Waals surface area contributed by atoms with Gasteiger partial charge < -0.3 is 28.8 Å². The zero-order valence-electron chi connectivity index (χ0n) is 26.3. The van der Waals surface area contributed by atoms with E-state index in [1.165, 1.54) is 30.0 Å². The predicted molar refractivity (Wildman–Crippen MR) is 171 cm³/mol. The number of aliphatic hydroxyl groups is 1. The summed E-state index contributed by atoms with van der Waals surface area (Å²) in [7, 11) is 4.64. The van der Waals surface area contributed by atoms with Gasteiger partial charge in [-0.25, -0.2) is 9.48 Å². The number of benzene rings is 2. The molecule has 0 bridgehead atoms. The predicted octanol–water partition coefficient (Wildman–Crippen LogP) is 2.86. The van der Waals surface area contributed by atoms with Crippen LogP contribution >= 0.6 is 0 Å². The van der Waals surface area contributed by atoms with Crippen molar-refractivity contribution in [3.63, 3.8) is 0 Å². The number of rotatable bonds is 13. The van der Waals surface area contributed by atoms with Crippen LogP contribution in [0, 0.1) is 6.92 Å². The standard InChI is InChI=1S/C33H35N5O9/c1-20-16-37(33(42)34-32(20)41)31-15-26(30(18-39)47-31)38-17-23(35-36-38)19-46-27-12-6-21(13-29(27)45-4)5-9-24(40)10-7-22-8-11-25(43-2)14-28(22)44-3/h5-14,16-17,26,30-31,39H,15,18-19H2,1-4H3,(H,34,41,42)/b9-5+,10-7+/t26-,30+,31+/m0/s1. The third kappa shape index (κ3) is 7.68. The van der Waals surface area contributed by atoms with Crippen LogP contribution in [0.5, 0.6) is 23.0 Å². The van der Waals surface area contributed by atoms with E-state index in [9.17, 15) is 19.5 Å². The highest BCUT2D eigenvalue weighted by molar-refractivity contribution is 6.04. The van der Waals surface area contributed by atoms with Crippen LogP contribution in [0.25, 0.3) is 12.2 Å². The number of ketones is 1. The molecule has 2 N–H and O–H groups in total. The van der Waals surface area contributed by atoms with Gasteiger partial charge in [0.2, 0.25) is 0 Å². The molecule has 0 amide bonds. The summed E-state index contributed by atoms with van der Waals surface area (Å²) in [5.41, 5.74) is 1.29. The molecular weight excluding hydrogens is 610 g/mol. The van der Waals surface area contributed by atoms with Crippen LogP contribution in [0.3, 0.4) is 0 Å². The van der Waals surface area contributed by atoms with Gasteiger partial charge in [0.1, 0.15) is 36.1 Å². The average molecular weight is 646 g/mol. The number of aliphatic hydroxyl groups excluding tert-OH is 1. The minimum atomic E-state index is -0.704. The molecule has 1 aliphatic rings. The average Bonchev–Trinajstić information content (AvgIpc) is 3.74. The van der Waals surface area contributed by atoms with Gasteiger partial charge in [-0.2, -0.15) is 0 Å². The Morgan fingerprint density at radius 1 is 1.02 bits per heavy atom. The van der Waals surface area contributed by atoms with Crippen LogP contribution in [0.15, 0.2) is 70.5 Å². The quantitative estimate of drug-likeness (QED) is 0.205. The van der Waals surface area contributed by atoms with Gasteiger partial charge in [-0.05, 0) is 55.0 Å². The van der Waals surface area contributed by atoms with Crippen LogP contribution < -0.4 is 30.2 Å². The first-order chi connectivity index (χ1) is 22.7. The van der Waals surface area contributed by atoms with Gasteiger partial charge in [-0.15, -0.1) is 5.10 Å². The maximum atomic E-state index is 12.5. The van der Waals surface area contributed by atoms with Crippen molar-refractivity contribution in [3.05, 3.63) is 104 Å². The molecule has 14 nitrogen and oxygen atoms in total. The Kier molecular flexibility index (Phi) is 10.3. The number of hydrogen-bond acceptors (Lipinski definition) is 11. The number of nitrogens with one attached hydrogen (secondary N) is 1. The van der Waals surface area contributed by atoms with E-state index in [0.717, 1.165) is 11.1 Å². The molecular formula is C33H35N5O9. The molecule has 2 aromatic heterocycles. The third-order valence-electron chi connectivity index (χ3n) is 7.61. The van der Waals surface area contributed by atoms with E-state index in [4.69, 9.17) is 23.7 Å². The van der Waals surface area contributed by atoms with Gasteiger partial charge in [0.15, 0.2) is 17.3 Å². The van der Waals surface area contributed by atoms with Gasteiger partial charge >= 0.3 is 5.69 Å². The lowest BCUT2D eigenvalue weighted by Gasteiger charge is -2.15. The molecule has 1 aliphatic heterocycles. The lowest BCUT2D eigenvalue weighted by Crippen LogP contribution is -2.33. The molecule has 14 heteroatoms. The molecule has 1 fully saturated rings. The number of aryl methyl sites for hydroxylation is 1. The van der Waals surface area contributed by atoms with E-state index in [1.807, 2.05) is 0 Å². The lowest BCUT2D eigenvalue weighted by atomic mass is 10.1. The Bertz CT molecular complexity index is 1910. The molecule has 246 valence electrons. The van der Waals surface area contributed by atoms with Crippen LogP contribution in [0.2, 0.25) is 0 Å². The first-order valence-electron chi connectivity index (χ1n) is 14.6. The zero-order valence-corrected chi connectivity index (χ0v) is 26.3. The highest BCUT2D eigenvalue weighted by atomic mass is 16.5. The Morgan fingerprint density at radius 2 is 1.81 bits per heavy atom. The fraction of sp³-hybridized carbons (Fsp3) is 0.303. The maximum absolute atomic E-state index is 12.5. The number of ether oxygens (including phenoxy) is 5. The summed E-state index contributed by atoms with van der Waals surface area (Å²) in [6.45, 7) is 1.36. The number of carbonyl (C=O) groups is 1. The van der Waals surface area contributed by atoms with Gasteiger partial charge in [-0.3, -0.25) is 19.1 Å². The van der Waals surface area contributed by atoms with Crippen molar-refractivity contribution in [1.82, 2.24) is 24.5 Å². The van der Waals surface area contributed by atoms with Crippen LogP contribution in [0.4, 0.5) is 0 Å². The van der Waals surface area contributed by atoms with E-state index < -0.39 is 29.6 Å². The number of allylic oxidation sites excluding steroid dienone is 2. The summed E-state index contributed by atoms with van der Waals surface area (Å²) < 4.78 is 30.8. The smallest absolute Gasteiger partial charge is 0.330 e. The van der Waals surface area contributed by atoms with Crippen molar-refractivity contribution in [2.24, 2.45) is 0 Å². The molecule has 4 aromatic rings. The number of aromatic nitrogens is 5. The van der Waals surface area contributed by atoms with Gasteiger partial charge in [-0.1, -0.05) is 17.4 Å². The normalized spacial score (nSPS) is 17.8. The second kappa shape index (κ2) is 14.7. The highest BCUT2D eigenvalue weighted by Gasteiger charge is 2.38. The monoisotopic (exact) mass is 645 g/mol. The molecule has 0 aliphatic carbocycles. The zero-order chi connectivity index (χ0) is 33.5. The minimum absolute atomic E-state index is 0.0724. The maximum Gasteiger partial charge on any atom is 0.330 e. The summed E-state index contributed by atoms with van der Waals surface area (Å²) in [6, 6.07) is 10.2. The molecule has 1 saturated heterocycles. The molecule has 0 saturated carbocycles. The van der Waals surface area contributed by atoms with E-state index in [1.54, 1.807) is 80.6 Å². The third-order valence-corrected chi connectivity index (χ3v) is 7.61. The lowest BCUT2D eigenvalue weighted by molar-refractivity contribution is -0.110. The highest BCUT2D eigenvalue weighted by Crippen LogP contribution is 2.36. The van der Waals surface area contributed by atoms with Crippen molar-refractivity contribution >= 4 is 17.9 Å². The second-order valence-corrected chi connectivity index (χ2v) is 10.7. The molecule has 0 radical (unpaired) electrons. The topological polar surface area (TPSA) is 169 Å². The SMILES string of the molecule is COc1ccc(/C=C/C(=O)/C=C/c2ccc(OCc3cn([C@H]4C[C@H](n5cc(C)c(=O)[nH]c5=O)O[C@@H]4CO)nn3)c(OC)c2)c(OC)c1. The van der Waals surface area contributed by atoms with Crippen LogP contribution in [-0.4, -0.2) is 69.5 Å². The minimum Gasteiger partial charge on any atom is -0.497 e. The fourth-order valence-corrected chi connectivity index (χ4v) is 5.09. The van der Waals surface area contributed by atoms with E-state index in [0.29, 0.717) is 40.7 Å². The van der Waals surface area contributed by atoms with E-state index in [-0.39, 0.29) is 19.0 Å². The summed E-state index contributed by atoms with van der Waals surface area (Å²) in [5, 5.41) is 18.3. The molecule has 0 unspecified atom stereocenters. The molecule has 47 heavy (non-hydrogen) atoms. The summed E-state index contributed by atoms with van der Waals surface area (Å²) in [5.74, 6) is 1.95. The largest absolute Gasteiger partial charge is 0.497 e. The first-order valence-corrected chi connectivity index (χ1v) is 14.6. The Balaban J connectivity index is 1.21. The number of carbonyl (C=O) groups excluding carboxylic acids is 1.